The number of benzene rings is 3. The minimum absolute atomic E-state index is 0.00277. The fraction of sp³-hybridized carbons (Fsp3) is 0.429. The van der Waals surface area contributed by atoms with E-state index in [0.29, 0.717) is 51.0 Å². The third-order valence-electron chi connectivity index (χ3n) is 11.4. The maximum Gasteiger partial charge on any atom is 0.255 e. The summed E-state index contributed by atoms with van der Waals surface area (Å²) in [6, 6.07) is 15.1. The van der Waals surface area contributed by atoms with E-state index in [4.69, 9.17) is 26.7 Å². The van der Waals surface area contributed by atoms with Crippen molar-refractivity contribution in [2.45, 2.75) is 90.4 Å². The normalized spacial score (nSPS) is 16.3. The van der Waals surface area contributed by atoms with Gasteiger partial charge in [-0.3, -0.25) is 24.0 Å². The number of carbonyl (C=O) groups excluding carboxylic acids is 5. The number of likely N-dealkylation sites (N-methyl/N-ethyl adjacent to an activating group) is 1. The molecule has 1 aliphatic rings. The second-order valence-electron chi connectivity index (χ2n) is 16.4. The fourth-order valence-electron chi connectivity index (χ4n) is 7.93. The van der Waals surface area contributed by atoms with Crippen LogP contribution in [0.2, 0.25) is 0 Å². The molecule has 4 aromatic rings. The number of carbonyl (C=O) groups is 5. The molecule has 10 N–H and O–H groups in total. The Hall–Kier alpha value is -6.94. The van der Waals surface area contributed by atoms with Gasteiger partial charge in [0.25, 0.3) is 5.91 Å². The first-order valence-corrected chi connectivity index (χ1v) is 22.7. The van der Waals surface area contributed by atoms with Crippen LogP contribution in [-0.4, -0.2) is 109 Å². The van der Waals surface area contributed by atoms with Gasteiger partial charge >= 0.3 is 0 Å². The van der Waals surface area contributed by atoms with Crippen LogP contribution >= 0.6 is 0 Å². The first-order valence-electron chi connectivity index (χ1n) is 22.7. The van der Waals surface area contributed by atoms with Gasteiger partial charge in [-0.25, -0.2) is 9.97 Å². The lowest BCUT2D eigenvalue weighted by Gasteiger charge is -2.32. The minimum Gasteiger partial charge on any atom is -0.492 e. The number of fused-ring (bicyclic) bond motifs is 5. The molecule has 4 atom stereocenters. The van der Waals surface area contributed by atoms with Gasteiger partial charge in [0.15, 0.2) is 5.82 Å². The molecule has 0 radical (unpaired) electrons. The zero-order valence-electron chi connectivity index (χ0n) is 38.9. The average molecular weight is 918 g/mol. The van der Waals surface area contributed by atoms with E-state index < -0.39 is 53.7 Å². The molecular weight excluding hydrogens is 855 g/mol. The fourth-order valence-corrected chi connectivity index (χ4v) is 7.93. The lowest BCUT2D eigenvalue weighted by atomic mass is 9.93. The highest BCUT2D eigenvalue weighted by Gasteiger charge is 2.36. The molecule has 0 saturated carbocycles. The van der Waals surface area contributed by atoms with Crippen molar-refractivity contribution in [2.75, 3.05) is 46.4 Å². The maximum absolute atomic E-state index is 14.7. The Morgan fingerprint density at radius 1 is 0.881 bits per heavy atom. The van der Waals surface area contributed by atoms with E-state index in [1.165, 1.54) is 24.4 Å². The van der Waals surface area contributed by atoms with Gasteiger partial charge in [-0.2, -0.15) is 5.26 Å². The Bertz CT molecular complexity index is 2420. The number of unbranched alkanes of at least 4 members (excludes halogenated alkanes) is 2. The molecule has 4 bridgehead atoms. The predicted octanol–water partition coefficient (Wildman–Crippen LogP) is 2.67. The summed E-state index contributed by atoms with van der Waals surface area (Å²) >= 11 is 0. The van der Waals surface area contributed by atoms with Crippen LogP contribution in [0, 0.1) is 25.2 Å². The minimum atomic E-state index is -1.40. The molecule has 0 spiro atoms. The number of nitrogens with one attached hydrogen (secondary N) is 4. The van der Waals surface area contributed by atoms with E-state index in [1.807, 2.05) is 18.2 Å². The third-order valence-corrected chi connectivity index (χ3v) is 11.4. The number of nitrogens with two attached hydrogens (primary N) is 3. The van der Waals surface area contributed by atoms with Crippen molar-refractivity contribution in [2.24, 2.45) is 17.2 Å². The third kappa shape index (κ3) is 13.1. The monoisotopic (exact) mass is 917 g/mol. The molecule has 1 aliphatic heterocycles. The van der Waals surface area contributed by atoms with E-state index in [1.54, 1.807) is 50.2 Å². The van der Waals surface area contributed by atoms with Gasteiger partial charge < -0.3 is 52.8 Å². The van der Waals surface area contributed by atoms with Gasteiger partial charge in [0.2, 0.25) is 23.6 Å². The number of rotatable bonds is 19. The van der Waals surface area contributed by atoms with Gasteiger partial charge in [0.1, 0.15) is 55.4 Å². The van der Waals surface area contributed by atoms with Crippen LogP contribution in [-0.2, 0) is 32.0 Å². The summed E-state index contributed by atoms with van der Waals surface area (Å²) in [5.41, 5.74) is 22.6. The van der Waals surface area contributed by atoms with E-state index in [2.05, 4.69) is 50.3 Å². The van der Waals surface area contributed by atoms with Crippen molar-refractivity contribution in [3.63, 3.8) is 0 Å². The van der Waals surface area contributed by atoms with Gasteiger partial charge in [-0.15, -0.1) is 0 Å². The molecule has 356 valence electrons. The summed E-state index contributed by atoms with van der Waals surface area (Å²) in [7, 11) is 1.42. The van der Waals surface area contributed by atoms with E-state index in [9.17, 15) is 29.2 Å². The van der Waals surface area contributed by atoms with Crippen LogP contribution in [0.4, 0.5) is 0 Å². The topological polar surface area (TPSA) is 283 Å². The van der Waals surface area contributed by atoms with Gasteiger partial charge in [-0.05, 0) is 87.5 Å². The Balaban J connectivity index is 1.54. The standard InChI is InChI=1S/C49H63N11O7/c1-6-7-8-9-32-10-13-34(14-11-32)44-55-29(2)42(30(3)56-44)47(63)58-38(18-19-50)49(65)60(5)43-35-15-17-41(67-25-22-53)37(28-35)36-26-33(12-16-40(36)66-24-21-52)27-39(46(62)54-23-20-51)59-45(61)31(4)57-48(43)64/h10-17,26,28,31,38-39,43H,6-9,18-19,21-25,27,50,52-53H2,1-5H3,(H,54,62)(H,57,64)(H,58,63)(H,59,61). The molecule has 0 saturated heterocycles. The van der Waals surface area contributed by atoms with Crippen LogP contribution in [0.1, 0.15) is 84.0 Å². The summed E-state index contributed by atoms with van der Waals surface area (Å²) in [5.74, 6) is -2.09. The highest BCUT2D eigenvalue weighted by Crippen LogP contribution is 2.40. The quantitative estimate of drug-likeness (QED) is 0.0527. The molecule has 18 heteroatoms. The van der Waals surface area contributed by atoms with Crippen molar-refractivity contribution in [1.82, 2.24) is 36.1 Å². The summed E-state index contributed by atoms with van der Waals surface area (Å²) in [6.07, 6.45) is 4.41. The molecule has 3 aromatic carbocycles. The van der Waals surface area contributed by atoms with Gasteiger partial charge in [0.05, 0.1) is 23.0 Å². The summed E-state index contributed by atoms with van der Waals surface area (Å²) in [6.45, 7) is 7.40. The zero-order chi connectivity index (χ0) is 48.6. The van der Waals surface area contributed by atoms with Crippen LogP contribution < -0.4 is 47.9 Å². The predicted molar refractivity (Wildman–Crippen MR) is 253 cm³/mol. The first kappa shape index (κ1) is 51.1. The maximum atomic E-state index is 14.7. The number of amides is 5. The number of nitrogens with zero attached hydrogens (tertiary/aromatic N) is 4. The Labute approximate surface area is 391 Å². The molecule has 0 fully saturated rings. The van der Waals surface area contributed by atoms with Gasteiger partial charge in [-0.1, -0.05) is 56.2 Å². The molecule has 4 unspecified atom stereocenters. The van der Waals surface area contributed by atoms with E-state index >= 15 is 0 Å². The molecule has 5 amide bonds. The Morgan fingerprint density at radius 3 is 2.13 bits per heavy atom. The van der Waals surface area contributed by atoms with E-state index in [0.717, 1.165) is 31.2 Å². The van der Waals surface area contributed by atoms with Crippen LogP contribution in [0.15, 0.2) is 60.7 Å². The lowest BCUT2D eigenvalue weighted by molar-refractivity contribution is -0.141. The van der Waals surface area contributed by atoms with Crippen LogP contribution in [0.5, 0.6) is 11.5 Å². The summed E-state index contributed by atoms with van der Waals surface area (Å²) < 4.78 is 12.2. The van der Waals surface area contributed by atoms with Crippen molar-refractivity contribution >= 4 is 29.5 Å². The SMILES string of the molecule is CCCCCc1ccc(-c2nc(C)c(C(=O)NC(CCN)C(=O)N(C)C3C(=O)NC(C)C(=O)NC(C(=O)NCC#N)Cc4ccc(OCCN)c(c4)-c4cc3ccc4OCCN)c(C)n2)cc1. The van der Waals surface area contributed by atoms with Crippen molar-refractivity contribution < 1.29 is 33.4 Å². The number of hydrogen-bond acceptors (Lipinski definition) is 13. The Kier molecular flexibility index (Phi) is 18.7. The zero-order valence-corrected chi connectivity index (χ0v) is 38.9. The number of ether oxygens (including phenoxy) is 2. The lowest BCUT2D eigenvalue weighted by Crippen LogP contribution is -2.56. The van der Waals surface area contributed by atoms with Crippen molar-refractivity contribution in [3.8, 4) is 40.1 Å². The molecule has 67 heavy (non-hydrogen) atoms. The highest BCUT2D eigenvalue weighted by atomic mass is 16.5. The first-order chi connectivity index (χ1) is 32.2. The molecule has 1 aromatic heterocycles. The van der Waals surface area contributed by atoms with Crippen molar-refractivity contribution in [1.29, 1.82) is 5.26 Å². The summed E-state index contributed by atoms with van der Waals surface area (Å²) in [5, 5.41) is 19.9. The largest absolute Gasteiger partial charge is 0.492 e. The second kappa shape index (κ2) is 24.5. The second-order valence-corrected chi connectivity index (χ2v) is 16.4. The number of nitriles is 1. The van der Waals surface area contributed by atoms with E-state index in [-0.39, 0.29) is 57.8 Å². The molecule has 2 heterocycles. The number of aryl methyl sites for hydroxylation is 3. The Morgan fingerprint density at radius 2 is 1.52 bits per heavy atom. The summed E-state index contributed by atoms with van der Waals surface area (Å²) in [4.78, 5) is 81.1. The molecule has 5 rings (SSSR count). The molecule has 0 aliphatic carbocycles. The average Bonchev–Trinajstić information content (AvgIpc) is 3.31. The highest BCUT2D eigenvalue weighted by molar-refractivity contribution is 6.00. The molecular formula is C49H63N11O7. The number of hydrogen-bond donors (Lipinski definition) is 7. The smallest absolute Gasteiger partial charge is 0.255 e. The van der Waals surface area contributed by atoms with Crippen LogP contribution in [0.25, 0.3) is 22.5 Å². The van der Waals surface area contributed by atoms with Gasteiger partial charge in [0, 0.05) is 43.2 Å². The molecule has 18 nitrogen and oxygen atoms in total. The number of aromatic nitrogens is 2. The van der Waals surface area contributed by atoms with Crippen LogP contribution in [0.3, 0.4) is 0 Å². The van der Waals surface area contributed by atoms with Crippen molar-refractivity contribution in [3.05, 3.63) is 94.3 Å².